The number of benzene rings is 2. The number of amidine groups is 1. The minimum absolute atomic E-state index is 0.104. The zero-order chi connectivity index (χ0) is 18.5. The molecule has 1 N–H and O–H groups in total. The van der Waals surface area contributed by atoms with Gasteiger partial charge in [0.15, 0.2) is 11.5 Å². The van der Waals surface area contributed by atoms with E-state index in [4.69, 9.17) is 14.2 Å². The van der Waals surface area contributed by atoms with Crippen LogP contribution in [0.15, 0.2) is 47.5 Å². The summed E-state index contributed by atoms with van der Waals surface area (Å²) < 4.78 is 29.2. The number of hydrogen-bond donors (Lipinski definition) is 1. The average Bonchev–Trinajstić information content (AvgIpc) is 3.07. The number of nitrogens with zero attached hydrogens (tertiary/aromatic N) is 1. The van der Waals surface area contributed by atoms with Crippen LogP contribution in [-0.2, 0) is 11.3 Å². The molecule has 26 heavy (non-hydrogen) atoms. The van der Waals surface area contributed by atoms with Gasteiger partial charge in [-0.2, -0.15) is 0 Å². The fourth-order valence-electron chi connectivity index (χ4n) is 2.30. The highest BCUT2D eigenvalue weighted by atomic mass is 19.1. The van der Waals surface area contributed by atoms with E-state index >= 15 is 0 Å². The van der Waals surface area contributed by atoms with Crippen molar-refractivity contribution >= 4 is 11.9 Å². The number of carbonyl (C=O) groups is 1. The van der Waals surface area contributed by atoms with Crippen molar-refractivity contribution in [3.63, 3.8) is 0 Å². The lowest BCUT2D eigenvalue weighted by Crippen LogP contribution is -2.34. The number of hydrogen-bond acceptors (Lipinski definition) is 5. The second-order valence-corrected chi connectivity index (χ2v) is 5.94. The molecule has 0 saturated carbocycles. The van der Waals surface area contributed by atoms with Crippen molar-refractivity contribution < 1.29 is 23.4 Å². The maximum Gasteiger partial charge on any atom is 0.292 e. The van der Waals surface area contributed by atoms with Gasteiger partial charge < -0.3 is 14.2 Å². The van der Waals surface area contributed by atoms with E-state index in [0.717, 1.165) is 5.56 Å². The highest BCUT2D eigenvalue weighted by Crippen LogP contribution is 2.32. The Kier molecular flexibility index (Phi) is 5.36. The van der Waals surface area contributed by atoms with Crippen LogP contribution in [0.5, 0.6) is 11.5 Å². The second-order valence-electron chi connectivity index (χ2n) is 5.94. The molecule has 1 heterocycles. The van der Waals surface area contributed by atoms with E-state index in [1.807, 2.05) is 32.0 Å². The molecule has 3 rings (SSSR count). The van der Waals surface area contributed by atoms with E-state index in [2.05, 4.69) is 10.3 Å². The molecule has 0 spiro atoms. The Labute approximate surface area is 150 Å². The van der Waals surface area contributed by atoms with Crippen LogP contribution in [0.25, 0.3) is 0 Å². The quantitative estimate of drug-likeness (QED) is 0.673. The summed E-state index contributed by atoms with van der Waals surface area (Å²) in [5.74, 6) is 0.534. The second kappa shape index (κ2) is 7.86. The van der Waals surface area contributed by atoms with Crippen LogP contribution >= 0.6 is 0 Å². The fourth-order valence-corrected chi connectivity index (χ4v) is 2.30. The van der Waals surface area contributed by atoms with Gasteiger partial charge in [0.2, 0.25) is 6.79 Å². The van der Waals surface area contributed by atoms with Crippen LogP contribution in [0.4, 0.5) is 4.39 Å². The SMILES string of the molecule is CC(C)OC(=NCc1ccc2c(c1)OCO2)NC(=O)c1ccc(F)cc1. The van der Waals surface area contributed by atoms with Gasteiger partial charge in [0, 0.05) is 5.56 Å². The van der Waals surface area contributed by atoms with Gasteiger partial charge in [-0.15, -0.1) is 0 Å². The van der Waals surface area contributed by atoms with Gasteiger partial charge >= 0.3 is 0 Å². The van der Waals surface area contributed by atoms with Gasteiger partial charge in [0.25, 0.3) is 11.9 Å². The van der Waals surface area contributed by atoms with Crippen molar-refractivity contribution in [3.8, 4) is 11.5 Å². The molecule has 1 aliphatic rings. The van der Waals surface area contributed by atoms with E-state index in [1.54, 1.807) is 0 Å². The van der Waals surface area contributed by atoms with Crippen LogP contribution < -0.4 is 14.8 Å². The first kappa shape index (κ1) is 17.7. The summed E-state index contributed by atoms with van der Waals surface area (Å²) in [4.78, 5) is 16.6. The van der Waals surface area contributed by atoms with Gasteiger partial charge in [0.1, 0.15) is 5.82 Å². The standard InChI is InChI=1S/C19H19FN2O4/c1-12(2)26-19(22-18(23)14-4-6-15(20)7-5-14)21-10-13-3-8-16-17(9-13)25-11-24-16/h3-9,12H,10-11H2,1-2H3,(H,21,22,23). The molecule has 7 heteroatoms. The largest absolute Gasteiger partial charge is 0.462 e. The lowest BCUT2D eigenvalue weighted by Gasteiger charge is -2.13. The summed E-state index contributed by atoms with van der Waals surface area (Å²) in [6, 6.07) is 10.9. The van der Waals surface area contributed by atoms with E-state index in [9.17, 15) is 9.18 Å². The minimum Gasteiger partial charge on any atom is -0.462 e. The number of aliphatic imine (C=N–C) groups is 1. The molecule has 0 atom stereocenters. The lowest BCUT2D eigenvalue weighted by molar-refractivity contribution is 0.0959. The molecule has 1 aliphatic heterocycles. The molecule has 136 valence electrons. The summed E-state index contributed by atoms with van der Waals surface area (Å²) in [5, 5.41) is 2.62. The van der Waals surface area contributed by atoms with Gasteiger partial charge in [-0.3, -0.25) is 10.1 Å². The molecule has 6 nitrogen and oxygen atoms in total. The molecular formula is C19H19FN2O4. The summed E-state index contributed by atoms with van der Waals surface area (Å²) in [6.07, 6.45) is -0.168. The van der Waals surface area contributed by atoms with Gasteiger partial charge in [0.05, 0.1) is 12.6 Å². The fraction of sp³-hybridized carbons (Fsp3) is 0.263. The van der Waals surface area contributed by atoms with E-state index in [1.165, 1.54) is 24.3 Å². The first-order valence-corrected chi connectivity index (χ1v) is 8.18. The summed E-state index contributed by atoms with van der Waals surface area (Å²) in [5.41, 5.74) is 1.20. The van der Waals surface area contributed by atoms with Gasteiger partial charge in [-0.25, -0.2) is 9.38 Å². The number of rotatable bonds is 4. The molecule has 0 radical (unpaired) electrons. The molecule has 2 aromatic rings. The van der Waals surface area contributed by atoms with Crippen molar-refractivity contribution in [2.75, 3.05) is 6.79 Å². The number of carbonyl (C=O) groups excluding carboxylic acids is 1. The highest BCUT2D eigenvalue weighted by molar-refractivity contribution is 6.04. The zero-order valence-electron chi connectivity index (χ0n) is 14.5. The molecular weight excluding hydrogens is 339 g/mol. The molecule has 0 saturated heterocycles. The minimum atomic E-state index is -0.421. The van der Waals surface area contributed by atoms with Crippen LogP contribution in [0.3, 0.4) is 0 Å². The van der Waals surface area contributed by atoms with Crippen LogP contribution in [-0.4, -0.2) is 24.8 Å². The molecule has 0 aromatic heterocycles. The van der Waals surface area contributed by atoms with Gasteiger partial charge in [-0.1, -0.05) is 6.07 Å². The summed E-state index contributed by atoms with van der Waals surface area (Å²) in [7, 11) is 0. The predicted molar refractivity (Wildman–Crippen MR) is 93.8 cm³/mol. The lowest BCUT2D eigenvalue weighted by atomic mass is 10.2. The van der Waals surface area contributed by atoms with Gasteiger partial charge in [-0.05, 0) is 55.8 Å². The first-order valence-electron chi connectivity index (χ1n) is 8.18. The van der Waals surface area contributed by atoms with Crippen molar-refractivity contribution in [2.24, 2.45) is 4.99 Å². The van der Waals surface area contributed by atoms with Crippen molar-refractivity contribution in [2.45, 2.75) is 26.5 Å². The smallest absolute Gasteiger partial charge is 0.292 e. The number of nitrogens with one attached hydrogen (secondary N) is 1. The Balaban J connectivity index is 1.71. The Hall–Kier alpha value is -3.09. The summed E-state index contributed by atoms with van der Waals surface area (Å²) >= 11 is 0. The third kappa shape index (κ3) is 4.50. The van der Waals surface area contributed by atoms with Crippen molar-refractivity contribution in [3.05, 3.63) is 59.4 Å². The average molecular weight is 358 g/mol. The Bertz CT molecular complexity index is 819. The number of ether oxygens (including phenoxy) is 3. The number of halogens is 1. The molecule has 0 aliphatic carbocycles. The number of fused-ring (bicyclic) bond motifs is 1. The summed E-state index contributed by atoms with van der Waals surface area (Å²) in [6.45, 7) is 4.17. The topological polar surface area (TPSA) is 69.2 Å². The maximum absolute atomic E-state index is 13.0. The first-order chi connectivity index (χ1) is 12.5. The van der Waals surface area contributed by atoms with E-state index < -0.39 is 11.7 Å². The van der Waals surface area contributed by atoms with E-state index in [-0.39, 0.29) is 18.9 Å². The van der Waals surface area contributed by atoms with Crippen LogP contribution in [0.1, 0.15) is 29.8 Å². The van der Waals surface area contributed by atoms with E-state index in [0.29, 0.717) is 23.6 Å². The monoisotopic (exact) mass is 358 g/mol. The molecule has 1 amide bonds. The van der Waals surface area contributed by atoms with Crippen LogP contribution in [0.2, 0.25) is 0 Å². The third-order valence-electron chi connectivity index (χ3n) is 3.52. The molecule has 0 fully saturated rings. The van der Waals surface area contributed by atoms with Crippen LogP contribution in [0, 0.1) is 5.82 Å². The zero-order valence-corrected chi connectivity index (χ0v) is 14.5. The Morgan fingerprint density at radius 1 is 1.19 bits per heavy atom. The van der Waals surface area contributed by atoms with Crippen molar-refractivity contribution in [1.29, 1.82) is 0 Å². The maximum atomic E-state index is 13.0. The number of amides is 1. The molecule has 0 bridgehead atoms. The Morgan fingerprint density at radius 2 is 1.92 bits per heavy atom. The Morgan fingerprint density at radius 3 is 2.65 bits per heavy atom. The normalized spacial score (nSPS) is 13.0. The molecule has 0 unspecified atom stereocenters. The third-order valence-corrected chi connectivity index (χ3v) is 3.52. The highest BCUT2D eigenvalue weighted by Gasteiger charge is 2.14. The predicted octanol–water partition coefficient (Wildman–Crippen LogP) is 3.27. The van der Waals surface area contributed by atoms with Crippen molar-refractivity contribution in [1.82, 2.24) is 5.32 Å². The molecule has 2 aromatic carbocycles.